The first kappa shape index (κ1) is 23.3. The lowest BCUT2D eigenvalue weighted by Gasteiger charge is -2.32. The quantitative estimate of drug-likeness (QED) is 0.420. The Morgan fingerprint density at radius 2 is 1.51 bits per heavy atom. The molecule has 7 heteroatoms. The van der Waals surface area contributed by atoms with Crippen molar-refractivity contribution in [3.8, 4) is 0 Å². The van der Waals surface area contributed by atoms with Gasteiger partial charge in [0.1, 0.15) is 5.54 Å². The first-order valence-electron chi connectivity index (χ1n) is 11.5. The minimum absolute atomic E-state index is 0.154. The molecule has 2 aliphatic rings. The molecule has 3 aromatic carbocycles. The molecular formula is C28H25ClN2O4. The third kappa shape index (κ3) is 4.03. The summed E-state index contributed by atoms with van der Waals surface area (Å²) in [6, 6.07) is 25.4. The smallest absolute Gasteiger partial charge is 0.327 e. The first-order valence-corrected chi connectivity index (χ1v) is 11.9. The highest BCUT2D eigenvalue weighted by atomic mass is 35.5. The average Bonchev–Trinajstić information content (AvgIpc) is 3.35. The van der Waals surface area contributed by atoms with Gasteiger partial charge in [-0.05, 0) is 28.8 Å². The Balaban J connectivity index is 1.62. The maximum Gasteiger partial charge on any atom is 0.327 e. The van der Waals surface area contributed by atoms with E-state index < -0.39 is 29.4 Å². The molecule has 35 heavy (non-hydrogen) atoms. The van der Waals surface area contributed by atoms with E-state index in [1.165, 1.54) is 12.0 Å². The number of ether oxygens (including phenoxy) is 1. The van der Waals surface area contributed by atoms with Gasteiger partial charge in [-0.15, -0.1) is 0 Å². The van der Waals surface area contributed by atoms with Crippen LogP contribution in [0.1, 0.15) is 22.7 Å². The number of imide groups is 1. The van der Waals surface area contributed by atoms with Crippen molar-refractivity contribution >= 4 is 29.4 Å². The molecular weight excluding hydrogens is 464 g/mol. The largest absolute Gasteiger partial charge is 0.468 e. The van der Waals surface area contributed by atoms with Crippen LogP contribution >= 0.6 is 11.6 Å². The van der Waals surface area contributed by atoms with Gasteiger partial charge in [0, 0.05) is 17.5 Å². The molecule has 0 unspecified atom stereocenters. The molecule has 0 aliphatic carbocycles. The maximum atomic E-state index is 13.9. The second kappa shape index (κ2) is 9.29. The topological polar surface area (TPSA) is 75.7 Å². The molecule has 2 fully saturated rings. The monoisotopic (exact) mass is 488 g/mol. The summed E-state index contributed by atoms with van der Waals surface area (Å²) in [5.41, 5.74) is 1.09. The Labute approximate surface area is 208 Å². The predicted octanol–water partition coefficient (Wildman–Crippen LogP) is 3.94. The van der Waals surface area contributed by atoms with Crippen LogP contribution in [0.5, 0.6) is 0 Å². The van der Waals surface area contributed by atoms with E-state index in [1.807, 2.05) is 72.8 Å². The van der Waals surface area contributed by atoms with Crippen LogP contribution in [0.4, 0.5) is 0 Å². The number of likely N-dealkylation sites (tertiary alicyclic amines) is 1. The highest BCUT2D eigenvalue weighted by Gasteiger charge is 2.68. The van der Waals surface area contributed by atoms with Gasteiger partial charge < -0.3 is 4.74 Å². The standard InChI is InChI=1S/C28H25ClN2O4/c1-35-27(34)28(16-18-8-4-2-5-9-18)23-22(24(30-28)20-12-14-21(29)15-13-20)25(32)31(26(23)33)17-19-10-6-3-7-11-19/h2-15,22-24,30H,16-17H2,1H3/t22-,23+,24-,28-/m0/s1. The van der Waals surface area contributed by atoms with Gasteiger partial charge in [-0.2, -0.15) is 0 Å². The Morgan fingerprint density at radius 3 is 2.11 bits per heavy atom. The van der Waals surface area contributed by atoms with E-state index in [1.54, 1.807) is 12.1 Å². The van der Waals surface area contributed by atoms with Crippen LogP contribution in [0.3, 0.4) is 0 Å². The van der Waals surface area contributed by atoms with Crippen LogP contribution in [-0.2, 0) is 32.1 Å². The molecule has 4 atom stereocenters. The van der Waals surface area contributed by atoms with E-state index in [-0.39, 0.29) is 24.8 Å². The summed E-state index contributed by atoms with van der Waals surface area (Å²) < 4.78 is 5.25. The molecule has 6 nitrogen and oxygen atoms in total. The number of nitrogens with zero attached hydrogens (tertiary/aromatic N) is 1. The zero-order valence-corrected chi connectivity index (χ0v) is 19.9. The molecule has 0 radical (unpaired) electrons. The molecule has 2 amide bonds. The summed E-state index contributed by atoms with van der Waals surface area (Å²) in [4.78, 5) is 42.4. The number of benzene rings is 3. The van der Waals surface area contributed by atoms with E-state index in [2.05, 4.69) is 5.32 Å². The number of rotatable bonds is 6. The maximum absolute atomic E-state index is 13.9. The predicted molar refractivity (Wildman–Crippen MR) is 131 cm³/mol. The summed E-state index contributed by atoms with van der Waals surface area (Å²) >= 11 is 6.11. The number of fused-ring (bicyclic) bond motifs is 1. The van der Waals surface area contributed by atoms with Crippen LogP contribution in [0.15, 0.2) is 84.9 Å². The van der Waals surface area contributed by atoms with Crippen molar-refractivity contribution in [2.24, 2.45) is 11.8 Å². The van der Waals surface area contributed by atoms with Crippen LogP contribution in [0.2, 0.25) is 5.02 Å². The van der Waals surface area contributed by atoms with E-state index >= 15 is 0 Å². The molecule has 0 spiro atoms. The lowest BCUT2D eigenvalue weighted by molar-refractivity contribution is -0.154. The van der Waals surface area contributed by atoms with E-state index in [0.29, 0.717) is 5.02 Å². The molecule has 0 saturated carbocycles. The number of carbonyl (C=O) groups excluding carboxylic acids is 3. The van der Waals surface area contributed by atoms with Crippen LogP contribution in [0, 0.1) is 11.8 Å². The molecule has 1 N–H and O–H groups in total. The fourth-order valence-electron chi connectivity index (χ4n) is 5.46. The van der Waals surface area contributed by atoms with Gasteiger partial charge in [0.2, 0.25) is 11.8 Å². The molecule has 3 aromatic rings. The summed E-state index contributed by atoms with van der Waals surface area (Å²) in [5.74, 6) is -2.89. The van der Waals surface area contributed by atoms with E-state index in [9.17, 15) is 14.4 Å². The Morgan fingerprint density at radius 1 is 0.914 bits per heavy atom. The van der Waals surface area contributed by atoms with Gasteiger partial charge in [0.05, 0.1) is 25.5 Å². The zero-order chi connectivity index (χ0) is 24.6. The second-order valence-corrected chi connectivity index (χ2v) is 9.49. The molecule has 2 heterocycles. The first-order chi connectivity index (χ1) is 16.9. The third-order valence-corrected chi connectivity index (χ3v) is 7.29. The Bertz CT molecular complexity index is 1250. The highest BCUT2D eigenvalue weighted by molar-refractivity contribution is 6.30. The molecule has 2 saturated heterocycles. The van der Waals surface area contributed by atoms with Crippen LogP contribution < -0.4 is 5.32 Å². The molecule has 0 bridgehead atoms. The normalized spacial score (nSPS) is 25.5. The lowest BCUT2D eigenvalue weighted by Crippen LogP contribution is -2.57. The van der Waals surface area contributed by atoms with Crippen molar-refractivity contribution in [2.45, 2.75) is 24.5 Å². The summed E-state index contributed by atoms with van der Waals surface area (Å²) in [7, 11) is 1.31. The molecule has 0 aromatic heterocycles. The van der Waals surface area contributed by atoms with E-state index in [0.717, 1.165) is 16.7 Å². The van der Waals surface area contributed by atoms with Crippen LogP contribution in [0.25, 0.3) is 0 Å². The number of methoxy groups -OCH3 is 1. The van der Waals surface area contributed by atoms with E-state index in [4.69, 9.17) is 16.3 Å². The number of carbonyl (C=O) groups is 3. The zero-order valence-electron chi connectivity index (χ0n) is 19.2. The highest BCUT2D eigenvalue weighted by Crippen LogP contribution is 2.50. The second-order valence-electron chi connectivity index (χ2n) is 9.05. The van der Waals surface area contributed by atoms with Crippen molar-refractivity contribution in [2.75, 3.05) is 7.11 Å². The van der Waals surface area contributed by atoms with Gasteiger partial charge in [-0.3, -0.25) is 24.6 Å². The van der Waals surface area contributed by atoms with Crippen molar-refractivity contribution in [1.29, 1.82) is 0 Å². The molecule has 178 valence electrons. The minimum Gasteiger partial charge on any atom is -0.468 e. The Hall–Kier alpha value is -3.48. The van der Waals surface area contributed by atoms with Crippen molar-refractivity contribution < 1.29 is 19.1 Å². The van der Waals surface area contributed by atoms with Gasteiger partial charge in [-0.25, -0.2) is 0 Å². The minimum atomic E-state index is -1.40. The average molecular weight is 489 g/mol. The van der Waals surface area contributed by atoms with Crippen molar-refractivity contribution in [1.82, 2.24) is 10.2 Å². The number of hydrogen-bond donors (Lipinski definition) is 1. The number of amides is 2. The van der Waals surface area contributed by atoms with Gasteiger partial charge in [0.25, 0.3) is 0 Å². The number of nitrogens with one attached hydrogen (secondary N) is 1. The summed E-state index contributed by atoms with van der Waals surface area (Å²) in [6.07, 6.45) is 0.212. The third-order valence-electron chi connectivity index (χ3n) is 7.03. The van der Waals surface area contributed by atoms with Gasteiger partial charge in [-0.1, -0.05) is 84.4 Å². The van der Waals surface area contributed by atoms with Crippen LogP contribution in [-0.4, -0.2) is 35.3 Å². The fourth-order valence-corrected chi connectivity index (χ4v) is 5.59. The SMILES string of the molecule is COC(=O)[C@@]1(Cc2ccccc2)N[C@@H](c2ccc(Cl)cc2)[C@H]2C(=O)N(Cc3ccccc3)C(=O)[C@@H]21. The van der Waals surface area contributed by atoms with Crippen molar-refractivity contribution in [3.05, 3.63) is 107 Å². The summed E-state index contributed by atoms with van der Waals surface area (Å²) in [5, 5.41) is 3.96. The molecule has 5 rings (SSSR count). The number of esters is 1. The number of hydrogen-bond acceptors (Lipinski definition) is 5. The molecule has 2 aliphatic heterocycles. The Kier molecular flexibility index (Phi) is 6.17. The summed E-state index contributed by atoms with van der Waals surface area (Å²) in [6.45, 7) is 0.154. The lowest BCUT2D eigenvalue weighted by atomic mass is 9.76. The number of halogens is 1. The van der Waals surface area contributed by atoms with Gasteiger partial charge >= 0.3 is 5.97 Å². The van der Waals surface area contributed by atoms with Gasteiger partial charge in [0.15, 0.2) is 0 Å². The fraction of sp³-hybridized carbons (Fsp3) is 0.250. The van der Waals surface area contributed by atoms with Crippen molar-refractivity contribution in [3.63, 3.8) is 0 Å².